The van der Waals surface area contributed by atoms with E-state index in [0.29, 0.717) is 0 Å². The van der Waals surface area contributed by atoms with E-state index >= 15 is 0 Å². The van der Waals surface area contributed by atoms with E-state index in [2.05, 4.69) is 9.83 Å². The quantitative estimate of drug-likeness (QED) is 0.550. The van der Waals surface area contributed by atoms with Crippen molar-refractivity contribution in [3.63, 3.8) is 0 Å². The molecule has 0 saturated heterocycles. The molecular weight excluding hydrogens is 162 g/mol. The molecule has 4 heteroatoms. The molecule has 11 heavy (non-hydrogen) atoms. The van der Waals surface area contributed by atoms with Crippen LogP contribution in [0.2, 0.25) is 5.02 Å². The van der Waals surface area contributed by atoms with E-state index in [1.54, 1.807) is 0 Å². The van der Waals surface area contributed by atoms with E-state index in [0.717, 1.165) is 0 Å². The zero-order chi connectivity index (χ0) is 8.27. The first-order valence-electron chi connectivity index (χ1n) is 2.70. The highest BCUT2D eigenvalue weighted by Gasteiger charge is 2.04. The Balaban J connectivity index is 3.38. The van der Waals surface area contributed by atoms with Crippen LogP contribution in [-0.4, -0.2) is 4.98 Å². The molecule has 0 bridgehead atoms. The molecule has 1 rings (SSSR count). The van der Waals surface area contributed by atoms with Crippen LogP contribution in [0.3, 0.4) is 0 Å². The van der Waals surface area contributed by atoms with Crippen LogP contribution < -0.4 is 0 Å². The molecule has 0 aliphatic carbocycles. The summed E-state index contributed by atoms with van der Waals surface area (Å²) in [6.07, 6.45) is 2.66. The smallest absolute Gasteiger partial charge is 0.224 e. The molecule has 0 atom stereocenters. The number of nitrogens with zero attached hydrogens (tertiary/aromatic N) is 3. The molecule has 1 aromatic rings. The predicted molar refractivity (Wildman–Crippen MR) is 40.2 cm³/mol. The van der Waals surface area contributed by atoms with Crippen LogP contribution in [0.5, 0.6) is 0 Å². The standard InChI is InChI=1S/C7H2ClN3/c1-10-6-4-11-3-5(2-9)7(6)8/h3-4H. The van der Waals surface area contributed by atoms with Crippen LogP contribution in [0, 0.1) is 17.9 Å². The molecule has 0 saturated carbocycles. The normalized spacial score (nSPS) is 8.27. The third-order valence-electron chi connectivity index (χ3n) is 1.10. The van der Waals surface area contributed by atoms with E-state index in [9.17, 15) is 0 Å². The van der Waals surface area contributed by atoms with Crippen molar-refractivity contribution in [2.45, 2.75) is 0 Å². The molecule has 0 fully saturated rings. The monoisotopic (exact) mass is 163 g/mol. The molecule has 1 heterocycles. The Morgan fingerprint density at radius 3 is 2.91 bits per heavy atom. The SMILES string of the molecule is [C-]#[N+]c1cncc(C#N)c1Cl. The van der Waals surface area contributed by atoms with Crippen molar-refractivity contribution in [3.05, 3.63) is 34.4 Å². The second-order valence-electron chi connectivity index (χ2n) is 1.74. The lowest BCUT2D eigenvalue weighted by Crippen LogP contribution is -1.78. The van der Waals surface area contributed by atoms with Gasteiger partial charge in [-0.05, 0) is 0 Å². The van der Waals surface area contributed by atoms with Crippen molar-refractivity contribution >= 4 is 17.3 Å². The number of nitriles is 1. The summed E-state index contributed by atoms with van der Waals surface area (Å²) >= 11 is 5.63. The van der Waals surface area contributed by atoms with Crippen molar-refractivity contribution in [2.24, 2.45) is 0 Å². The second-order valence-corrected chi connectivity index (χ2v) is 2.12. The lowest BCUT2D eigenvalue weighted by atomic mass is 10.3. The van der Waals surface area contributed by atoms with Crippen molar-refractivity contribution in [1.82, 2.24) is 4.98 Å². The molecule has 0 aromatic carbocycles. The fourth-order valence-corrected chi connectivity index (χ4v) is 0.772. The van der Waals surface area contributed by atoms with Gasteiger partial charge in [-0.1, -0.05) is 11.6 Å². The third-order valence-corrected chi connectivity index (χ3v) is 1.50. The minimum atomic E-state index is 0.178. The Bertz CT molecular complexity index is 327. The summed E-state index contributed by atoms with van der Waals surface area (Å²) in [5.41, 5.74) is 0.450. The zero-order valence-corrected chi connectivity index (χ0v) is 6.13. The van der Waals surface area contributed by atoms with Crippen molar-refractivity contribution in [3.8, 4) is 6.07 Å². The summed E-state index contributed by atoms with van der Waals surface area (Å²) in [5, 5.41) is 8.64. The summed E-state index contributed by atoms with van der Waals surface area (Å²) in [6.45, 7) is 6.65. The number of hydrogen-bond donors (Lipinski definition) is 0. The van der Waals surface area contributed by atoms with Gasteiger partial charge in [0.05, 0.1) is 17.2 Å². The summed E-state index contributed by atoms with van der Waals surface area (Å²) in [4.78, 5) is 6.75. The molecule has 0 aliphatic rings. The van der Waals surface area contributed by atoms with Gasteiger partial charge in [-0.25, -0.2) is 4.85 Å². The van der Waals surface area contributed by atoms with Crippen LogP contribution in [0.15, 0.2) is 12.4 Å². The highest BCUT2D eigenvalue weighted by atomic mass is 35.5. The number of hydrogen-bond acceptors (Lipinski definition) is 2. The van der Waals surface area contributed by atoms with Crippen LogP contribution >= 0.6 is 11.6 Å². The van der Waals surface area contributed by atoms with E-state index < -0.39 is 0 Å². The average molecular weight is 164 g/mol. The fraction of sp³-hybridized carbons (Fsp3) is 0. The van der Waals surface area contributed by atoms with Gasteiger partial charge in [0.2, 0.25) is 5.69 Å². The van der Waals surface area contributed by atoms with Gasteiger partial charge in [0.25, 0.3) is 0 Å². The minimum absolute atomic E-state index is 0.178. The van der Waals surface area contributed by atoms with Gasteiger partial charge in [-0.15, -0.1) is 0 Å². The Labute approximate surface area is 68.7 Å². The lowest BCUT2D eigenvalue weighted by Gasteiger charge is -1.93. The molecular formula is C7H2ClN3. The molecule has 0 unspecified atom stereocenters. The highest BCUT2D eigenvalue weighted by Crippen LogP contribution is 2.26. The van der Waals surface area contributed by atoms with Crippen LogP contribution in [-0.2, 0) is 0 Å². The minimum Gasteiger partial charge on any atom is -0.275 e. The predicted octanol–water partition coefficient (Wildman–Crippen LogP) is 2.16. The van der Waals surface area contributed by atoms with Gasteiger partial charge in [-0.2, -0.15) is 5.26 Å². The summed E-state index contributed by atoms with van der Waals surface area (Å²) < 4.78 is 0. The number of pyridine rings is 1. The Kier molecular flexibility index (Phi) is 2.06. The molecule has 0 radical (unpaired) electrons. The lowest BCUT2D eigenvalue weighted by molar-refractivity contribution is 1.31. The average Bonchev–Trinajstić information content (AvgIpc) is 2.05. The topological polar surface area (TPSA) is 41.0 Å². The zero-order valence-electron chi connectivity index (χ0n) is 5.37. The Morgan fingerprint density at radius 2 is 2.36 bits per heavy atom. The second kappa shape index (κ2) is 3.01. The van der Waals surface area contributed by atoms with E-state index in [1.807, 2.05) is 6.07 Å². The van der Waals surface area contributed by atoms with Crippen LogP contribution in [0.1, 0.15) is 5.56 Å². The van der Waals surface area contributed by atoms with Gasteiger partial charge in [0.15, 0.2) is 0 Å². The molecule has 3 nitrogen and oxygen atoms in total. The number of aromatic nitrogens is 1. The van der Waals surface area contributed by atoms with Crippen molar-refractivity contribution < 1.29 is 0 Å². The van der Waals surface area contributed by atoms with E-state index in [4.69, 9.17) is 23.4 Å². The maximum Gasteiger partial charge on any atom is 0.224 e. The third kappa shape index (κ3) is 1.29. The van der Waals surface area contributed by atoms with Gasteiger partial charge in [-0.3, -0.25) is 4.98 Å². The fourth-order valence-electron chi connectivity index (χ4n) is 0.590. The Hall–Kier alpha value is -1.58. The first kappa shape index (κ1) is 7.53. The number of rotatable bonds is 0. The summed E-state index contributed by atoms with van der Waals surface area (Å²) in [5.74, 6) is 0. The summed E-state index contributed by atoms with van der Waals surface area (Å²) in [7, 11) is 0. The summed E-state index contributed by atoms with van der Waals surface area (Å²) in [6, 6.07) is 1.83. The van der Waals surface area contributed by atoms with Gasteiger partial charge in [0, 0.05) is 12.4 Å². The first-order chi connectivity index (χ1) is 5.29. The van der Waals surface area contributed by atoms with Gasteiger partial charge < -0.3 is 0 Å². The van der Waals surface area contributed by atoms with Gasteiger partial charge in [0.1, 0.15) is 6.07 Å². The molecule has 0 spiro atoms. The molecule has 52 valence electrons. The van der Waals surface area contributed by atoms with E-state index in [-0.39, 0.29) is 16.3 Å². The van der Waals surface area contributed by atoms with Crippen molar-refractivity contribution in [1.29, 1.82) is 5.26 Å². The maximum atomic E-state index is 8.46. The maximum absolute atomic E-state index is 8.46. The first-order valence-corrected chi connectivity index (χ1v) is 3.08. The van der Waals surface area contributed by atoms with E-state index in [1.165, 1.54) is 12.4 Å². The van der Waals surface area contributed by atoms with Crippen molar-refractivity contribution in [2.75, 3.05) is 0 Å². The number of halogens is 1. The van der Waals surface area contributed by atoms with Crippen LogP contribution in [0.4, 0.5) is 5.69 Å². The Morgan fingerprint density at radius 1 is 1.64 bits per heavy atom. The molecule has 1 aromatic heterocycles. The highest BCUT2D eigenvalue weighted by molar-refractivity contribution is 6.34. The molecule has 0 amide bonds. The van der Waals surface area contributed by atoms with Gasteiger partial charge >= 0.3 is 0 Å². The van der Waals surface area contributed by atoms with Crippen LogP contribution in [0.25, 0.3) is 4.85 Å². The molecule has 0 aliphatic heterocycles. The molecule has 0 N–H and O–H groups in total. The largest absolute Gasteiger partial charge is 0.275 e.